The van der Waals surface area contributed by atoms with Crippen molar-refractivity contribution < 1.29 is 14.2 Å². The monoisotopic (exact) mass is 261 g/mol. The van der Waals surface area contributed by atoms with E-state index >= 15 is 0 Å². The molecular weight excluding hydrogens is 230 g/mol. The molecule has 4 nitrogen and oxygen atoms in total. The third-order valence-electron chi connectivity index (χ3n) is 2.97. The number of unbranched alkanes of at least 4 members (excludes halogenated alkanes) is 1. The lowest BCUT2D eigenvalue weighted by molar-refractivity contribution is 0.0119. The van der Waals surface area contributed by atoms with Gasteiger partial charge in [0, 0.05) is 13.2 Å². The molecule has 110 valence electrons. The van der Waals surface area contributed by atoms with Crippen molar-refractivity contribution in [3.63, 3.8) is 0 Å². The Morgan fingerprint density at radius 1 is 0.833 bits per heavy atom. The second-order valence-electron chi connectivity index (χ2n) is 4.49. The smallest absolute Gasteiger partial charge is 0.0701 e. The zero-order valence-electron chi connectivity index (χ0n) is 12.2. The fourth-order valence-electron chi connectivity index (χ4n) is 1.53. The molecule has 0 aliphatic rings. The molecule has 0 saturated carbocycles. The summed E-state index contributed by atoms with van der Waals surface area (Å²) in [5.41, 5.74) is 5.62. The van der Waals surface area contributed by atoms with E-state index in [-0.39, 0.29) is 0 Å². The molecule has 0 saturated heterocycles. The van der Waals surface area contributed by atoms with Crippen LogP contribution in [0, 0.1) is 5.92 Å². The molecule has 2 N–H and O–H groups in total. The maximum Gasteiger partial charge on any atom is 0.0701 e. The predicted octanol–water partition coefficient (Wildman–Crippen LogP) is 2.21. The van der Waals surface area contributed by atoms with Crippen LogP contribution in [0.2, 0.25) is 0 Å². The average Bonchev–Trinajstić information content (AvgIpc) is 2.40. The Balaban J connectivity index is 3.03. The Bertz CT molecular complexity index is 152. The third-order valence-corrected chi connectivity index (χ3v) is 2.97. The zero-order valence-corrected chi connectivity index (χ0v) is 12.2. The van der Waals surface area contributed by atoms with Gasteiger partial charge < -0.3 is 19.9 Å². The number of hydrogen-bond donors (Lipinski definition) is 1. The Kier molecular flexibility index (Phi) is 14.8. The van der Waals surface area contributed by atoms with Crippen LogP contribution in [0.3, 0.4) is 0 Å². The molecule has 0 bridgehead atoms. The lowest BCUT2D eigenvalue weighted by Gasteiger charge is -2.12. The van der Waals surface area contributed by atoms with Crippen molar-refractivity contribution in [2.75, 3.05) is 46.2 Å². The highest BCUT2D eigenvalue weighted by Crippen LogP contribution is 2.05. The van der Waals surface area contributed by atoms with E-state index in [1.54, 1.807) is 0 Å². The minimum Gasteiger partial charge on any atom is -0.379 e. The van der Waals surface area contributed by atoms with Crippen LogP contribution in [0.4, 0.5) is 0 Å². The summed E-state index contributed by atoms with van der Waals surface area (Å²) in [6.45, 7) is 9.36. The summed E-state index contributed by atoms with van der Waals surface area (Å²) in [6.07, 6.45) is 4.48. The first kappa shape index (κ1) is 17.8. The second kappa shape index (κ2) is 14.9. The van der Waals surface area contributed by atoms with Crippen LogP contribution < -0.4 is 5.73 Å². The highest BCUT2D eigenvalue weighted by Gasteiger charge is 2.02. The second-order valence-corrected chi connectivity index (χ2v) is 4.49. The number of nitrogens with two attached hydrogens (primary N) is 1. The van der Waals surface area contributed by atoms with Gasteiger partial charge in [0.25, 0.3) is 0 Å². The van der Waals surface area contributed by atoms with Gasteiger partial charge in [0.15, 0.2) is 0 Å². The fourth-order valence-corrected chi connectivity index (χ4v) is 1.53. The molecule has 0 aromatic heterocycles. The Hall–Kier alpha value is -0.160. The highest BCUT2D eigenvalue weighted by atomic mass is 16.5. The van der Waals surface area contributed by atoms with Gasteiger partial charge in [0.1, 0.15) is 0 Å². The van der Waals surface area contributed by atoms with Gasteiger partial charge in [-0.25, -0.2) is 0 Å². The van der Waals surface area contributed by atoms with Gasteiger partial charge in [-0.3, -0.25) is 0 Å². The first-order valence-electron chi connectivity index (χ1n) is 7.28. The van der Waals surface area contributed by atoms with E-state index in [9.17, 15) is 0 Å². The van der Waals surface area contributed by atoms with E-state index in [1.165, 1.54) is 6.42 Å². The predicted molar refractivity (Wildman–Crippen MR) is 74.8 cm³/mol. The normalized spacial score (nSPS) is 12.8. The number of hydrogen-bond acceptors (Lipinski definition) is 4. The van der Waals surface area contributed by atoms with Crippen LogP contribution in [0.1, 0.15) is 39.5 Å². The SMILES string of the molecule is CCCCOCCOCCOCCC(CC)CN. The molecule has 18 heavy (non-hydrogen) atoms. The van der Waals surface area contributed by atoms with Gasteiger partial charge >= 0.3 is 0 Å². The van der Waals surface area contributed by atoms with Crippen LogP contribution >= 0.6 is 0 Å². The van der Waals surface area contributed by atoms with E-state index in [0.29, 0.717) is 32.3 Å². The van der Waals surface area contributed by atoms with Gasteiger partial charge in [0.05, 0.1) is 26.4 Å². The topological polar surface area (TPSA) is 53.7 Å². The summed E-state index contributed by atoms with van der Waals surface area (Å²) in [5, 5.41) is 0. The van der Waals surface area contributed by atoms with E-state index in [1.807, 2.05) is 0 Å². The largest absolute Gasteiger partial charge is 0.379 e. The van der Waals surface area contributed by atoms with Gasteiger partial charge in [-0.1, -0.05) is 26.7 Å². The minimum absolute atomic E-state index is 0.595. The molecular formula is C14H31NO3. The zero-order chi connectivity index (χ0) is 13.5. The summed E-state index contributed by atoms with van der Waals surface area (Å²) in [6, 6.07) is 0. The van der Waals surface area contributed by atoms with E-state index in [4.69, 9.17) is 19.9 Å². The van der Waals surface area contributed by atoms with Gasteiger partial charge in [-0.2, -0.15) is 0 Å². The molecule has 0 aromatic carbocycles. The van der Waals surface area contributed by atoms with Crippen molar-refractivity contribution in [3.05, 3.63) is 0 Å². The van der Waals surface area contributed by atoms with Crippen molar-refractivity contribution in [1.29, 1.82) is 0 Å². The molecule has 0 rings (SSSR count). The van der Waals surface area contributed by atoms with Crippen LogP contribution in [-0.2, 0) is 14.2 Å². The van der Waals surface area contributed by atoms with Gasteiger partial charge in [-0.15, -0.1) is 0 Å². The van der Waals surface area contributed by atoms with Crippen LogP contribution in [0.25, 0.3) is 0 Å². The Morgan fingerprint density at radius 2 is 1.39 bits per heavy atom. The average molecular weight is 261 g/mol. The quantitative estimate of drug-likeness (QED) is 0.487. The van der Waals surface area contributed by atoms with Crippen molar-refractivity contribution in [2.24, 2.45) is 11.7 Å². The molecule has 0 aliphatic heterocycles. The third kappa shape index (κ3) is 12.3. The molecule has 0 fully saturated rings. The minimum atomic E-state index is 0.595. The standard InChI is InChI=1S/C14H31NO3/c1-3-5-7-16-9-11-18-12-10-17-8-6-14(4-2)13-15/h14H,3-13,15H2,1-2H3. The lowest BCUT2D eigenvalue weighted by atomic mass is 10.0. The molecule has 0 aromatic rings. The molecule has 0 radical (unpaired) electrons. The van der Waals surface area contributed by atoms with E-state index in [0.717, 1.165) is 39.0 Å². The molecule has 0 aliphatic carbocycles. The molecule has 0 heterocycles. The van der Waals surface area contributed by atoms with Gasteiger partial charge in [0.2, 0.25) is 0 Å². The summed E-state index contributed by atoms with van der Waals surface area (Å²) < 4.78 is 16.3. The summed E-state index contributed by atoms with van der Waals surface area (Å²) >= 11 is 0. The van der Waals surface area contributed by atoms with Crippen LogP contribution in [-0.4, -0.2) is 46.2 Å². The molecule has 1 unspecified atom stereocenters. The number of rotatable bonds is 14. The summed E-state index contributed by atoms with van der Waals surface area (Å²) in [5.74, 6) is 0.595. The molecule has 4 heteroatoms. The van der Waals surface area contributed by atoms with Crippen molar-refractivity contribution in [2.45, 2.75) is 39.5 Å². The fraction of sp³-hybridized carbons (Fsp3) is 1.00. The summed E-state index contributed by atoms with van der Waals surface area (Å²) in [7, 11) is 0. The van der Waals surface area contributed by atoms with Crippen LogP contribution in [0.15, 0.2) is 0 Å². The maximum absolute atomic E-state index is 5.62. The number of ether oxygens (including phenoxy) is 3. The highest BCUT2D eigenvalue weighted by molar-refractivity contribution is 4.56. The molecule has 1 atom stereocenters. The van der Waals surface area contributed by atoms with E-state index < -0.39 is 0 Å². The maximum atomic E-state index is 5.62. The van der Waals surface area contributed by atoms with Crippen molar-refractivity contribution in [1.82, 2.24) is 0 Å². The first-order chi connectivity index (χ1) is 8.85. The lowest BCUT2D eigenvalue weighted by Crippen LogP contribution is -2.16. The Morgan fingerprint density at radius 3 is 1.89 bits per heavy atom. The van der Waals surface area contributed by atoms with E-state index in [2.05, 4.69) is 13.8 Å². The Labute approximate surface area is 112 Å². The molecule has 0 spiro atoms. The van der Waals surface area contributed by atoms with Crippen LogP contribution in [0.5, 0.6) is 0 Å². The first-order valence-corrected chi connectivity index (χ1v) is 7.28. The van der Waals surface area contributed by atoms with Crippen molar-refractivity contribution in [3.8, 4) is 0 Å². The van der Waals surface area contributed by atoms with Crippen molar-refractivity contribution >= 4 is 0 Å². The summed E-state index contributed by atoms with van der Waals surface area (Å²) in [4.78, 5) is 0. The van der Waals surface area contributed by atoms with Gasteiger partial charge in [-0.05, 0) is 25.3 Å². The molecule has 0 amide bonds.